The van der Waals surface area contributed by atoms with Gasteiger partial charge >= 0.3 is 5.69 Å². The number of aromatic nitrogens is 5. The van der Waals surface area contributed by atoms with Crippen LogP contribution >= 0.6 is 11.6 Å². The van der Waals surface area contributed by atoms with Crippen LogP contribution in [0.5, 0.6) is 5.88 Å². The Balaban J connectivity index is 1.22. The van der Waals surface area contributed by atoms with Crippen molar-refractivity contribution in [1.82, 2.24) is 29.2 Å². The van der Waals surface area contributed by atoms with E-state index in [0.29, 0.717) is 28.8 Å². The molecule has 0 radical (unpaired) electrons. The van der Waals surface area contributed by atoms with E-state index in [2.05, 4.69) is 26.5 Å². The zero-order valence-electron chi connectivity index (χ0n) is 27.3. The molecule has 11 nitrogen and oxygen atoms in total. The van der Waals surface area contributed by atoms with Crippen LogP contribution in [0.2, 0.25) is 5.02 Å². The number of ether oxygens (including phenoxy) is 1. The zero-order valence-corrected chi connectivity index (χ0v) is 28.0. The molecule has 0 bridgehead atoms. The van der Waals surface area contributed by atoms with Gasteiger partial charge in [0.2, 0.25) is 5.88 Å². The van der Waals surface area contributed by atoms with Crippen molar-refractivity contribution in [3.8, 4) is 28.3 Å². The predicted molar refractivity (Wildman–Crippen MR) is 186 cm³/mol. The highest BCUT2D eigenvalue weighted by Crippen LogP contribution is 2.46. The number of nitrogens with one attached hydrogen (secondary N) is 1. The smallest absolute Gasteiger partial charge is 0.330 e. The molecular weight excluding hydrogens is 630 g/mol. The molecule has 246 valence electrons. The van der Waals surface area contributed by atoms with Crippen LogP contribution in [0.25, 0.3) is 33.3 Å². The van der Waals surface area contributed by atoms with E-state index in [4.69, 9.17) is 21.3 Å². The number of carbonyl (C=O) groups excluding carboxylic acids is 1. The lowest BCUT2D eigenvalue weighted by atomic mass is 9.91. The maximum Gasteiger partial charge on any atom is 0.330 e. The van der Waals surface area contributed by atoms with Crippen LogP contribution in [0.1, 0.15) is 42.0 Å². The first kappa shape index (κ1) is 31.7. The van der Waals surface area contributed by atoms with E-state index < -0.39 is 11.2 Å². The fourth-order valence-corrected chi connectivity index (χ4v) is 7.56. The van der Waals surface area contributed by atoms with Gasteiger partial charge in [0.15, 0.2) is 5.82 Å². The van der Waals surface area contributed by atoms with E-state index in [1.807, 2.05) is 43.3 Å². The SMILES string of the molecule is COc1nc(-c2cccc(-c3cccc(Nc4nncc5c4c(=O)n(C)c(=O)n5C)c3C)c2Cl)cc2c1[C@@H](N1CC(CCC=O)C1)CC2. The van der Waals surface area contributed by atoms with E-state index in [-0.39, 0.29) is 17.2 Å². The third-order valence-corrected chi connectivity index (χ3v) is 10.3. The van der Waals surface area contributed by atoms with E-state index >= 15 is 0 Å². The number of aryl methyl sites for hydroxylation is 2. The summed E-state index contributed by atoms with van der Waals surface area (Å²) in [4.78, 5) is 43.9. The Morgan fingerprint density at radius 1 is 1.06 bits per heavy atom. The number of nitrogens with zero attached hydrogens (tertiary/aromatic N) is 6. The van der Waals surface area contributed by atoms with E-state index in [9.17, 15) is 14.4 Å². The van der Waals surface area contributed by atoms with Crippen LogP contribution in [0, 0.1) is 12.8 Å². The molecule has 1 atom stereocenters. The number of halogens is 1. The monoisotopic (exact) mass is 665 g/mol. The number of hydrogen-bond acceptors (Lipinski definition) is 9. The quantitative estimate of drug-likeness (QED) is 0.207. The Labute approximate surface area is 282 Å². The second kappa shape index (κ2) is 12.6. The second-order valence-electron chi connectivity index (χ2n) is 12.6. The highest BCUT2D eigenvalue weighted by atomic mass is 35.5. The molecule has 12 heteroatoms. The average molecular weight is 666 g/mol. The lowest BCUT2D eigenvalue weighted by molar-refractivity contribution is -0.108. The van der Waals surface area contributed by atoms with Crippen LogP contribution in [-0.2, 0) is 25.3 Å². The fraction of sp³-hybridized carbons (Fsp3) is 0.333. The maximum atomic E-state index is 13.1. The Morgan fingerprint density at radius 2 is 1.81 bits per heavy atom. The third-order valence-electron chi connectivity index (χ3n) is 9.88. The average Bonchev–Trinajstić information content (AvgIpc) is 3.50. The minimum absolute atomic E-state index is 0.256. The van der Waals surface area contributed by atoms with Crippen molar-refractivity contribution in [3.05, 3.63) is 91.2 Å². The molecule has 0 amide bonds. The minimum atomic E-state index is -0.456. The fourth-order valence-electron chi connectivity index (χ4n) is 7.23. The van der Waals surface area contributed by atoms with Gasteiger partial charge in [-0.2, -0.15) is 5.10 Å². The van der Waals surface area contributed by atoms with Gasteiger partial charge in [0.1, 0.15) is 11.7 Å². The summed E-state index contributed by atoms with van der Waals surface area (Å²) >= 11 is 7.19. The number of anilines is 2. The van der Waals surface area contributed by atoms with Gasteiger partial charge in [-0.3, -0.25) is 18.8 Å². The summed E-state index contributed by atoms with van der Waals surface area (Å²) in [6, 6.07) is 14.1. The van der Waals surface area contributed by atoms with Crippen LogP contribution in [0.4, 0.5) is 11.5 Å². The van der Waals surface area contributed by atoms with Gasteiger partial charge < -0.3 is 14.8 Å². The number of rotatable bonds is 9. The molecule has 3 aromatic heterocycles. The first-order valence-corrected chi connectivity index (χ1v) is 16.4. The van der Waals surface area contributed by atoms with Gasteiger partial charge in [0, 0.05) is 62.0 Å². The first-order chi connectivity index (χ1) is 23.2. The van der Waals surface area contributed by atoms with Gasteiger partial charge in [0.25, 0.3) is 5.56 Å². The number of likely N-dealkylation sites (tertiary alicyclic amines) is 1. The molecule has 7 rings (SSSR count). The number of hydrogen-bond donors (Lipinski definition) is 1. The van der Waals surface area contributed by atoms with Gasteiger partial charge in [0.05, 0.1) is 29.5 Å². The van der Waals surface area contributed by atoms with Crippen molar-refractivity contribution >= 4 is 40.3 Å². The van der Waals surface area contributed by atoms with Gasteiger partial charge in [-0.25, -0.2) is 9.78 Å². The van der Waals surface area contributed by atoms with Crippen LogP contribution in [0.15, 0.2) is 58.3 Å². The van der Waals surface area contributed by atoms with Crippen molar-refractivity contribution in [2.24, 2.45) is 20.0 Å². The number of methoxy groups -OCH3 is 1. The highest BCUT2D eigenvalue weighted by Gasteiger charge is 2.38. The van der Waals surface area contributed by atoms with Gasteiger partial charge in [-0.05, 0) is 60.9 Å². The molecule has 0 unspecified atom stereocenters. The topological polar surface area (TPSA) is 124 Å². The summed E-state index contributed by atoms with van der Waals surface area (Å²) in [6.07, 6.45) is 5.93. The Bertz CT molecular complexity index is 2210. The summed E-state index contributed by atoms with van der Waals surface area (Å²) in [5.41, 5.74) is 6.77. The van der Waals surface area contributed by atoms with Gasteiger partial charge in [-0.15, -0.1) is 5.10 Å². The molecule has 0 spiro atoms. The largest absolute Gasteiger partial charge is 0.481 e. The summed E-state index contributed by atoms with van der Waals surface area (Å²) in [6.45, 7) is 3.96. The number of benzene rings is 2. The predicted octanol–water partition coefficient (Wildman–Crippen LogP) is 5.37. The van der Waals surface area contributed by atoms with Crippen molar-refractivity contribution in [1.29, 1.82) is 0 Å². The summed E-state index contributed by atoms with van der Waals surface area (Å²) in [5, 5.41) is 12.4. The third kappa shape index (κ3) is 5.27. The highest BCUT2D eigenvalue weighted by molar-refractivity contribution is 6.36. The minimum Gasteiger partial charge on any atom is -0.481 e. The molecular formula is C36H36ClN7O4. The molecule has 48 heavy (non-hydrogen) atoms. The number of fused-ring (bicyclic) bond motifs is 2. The number of pyridine rings is 1. The first-order valence-electron chi connectivity index (χ1n) is 16.0. The second-order valence-corrected chi connectivity index (χ2v) is 13.0. The Morgan fingerprint density at radius 3 is 2.58 bits per heavy atom. The van der Waals surface area contributed by atoms with Crippen LogP contribution < -0.4 is 21.3 Å². The Hall–Kier alpha value is -4.87. The van der Waals surface area contributed by atoms with E-state index in [0.717, 1.165) is 82.4 Å². The molecule has 2 aliphatic rings. The van der Waals surface area contributed by atoms with E-state index in [1.165, 1.54) is 23.4 Å². The molecule has 1 aliphatic carbocycles. The molecule has 1 N–H and O–H groups in total. The van der Waals surface area contributed by atoms with Crippen molar-refractivity contribution in [2.45, 2.75) is 38.6 Å². The van der Waals surface area contributed by atoms with Crippen molar-refractivity contribution in [3.63, 3.8) is 0 Å². The summed E-state index contributed by atoms with van der Waals surface area (Å²) in [7, 11) is 4.71. The molecule has 2 aromatic carbocycles. The van der Waals surface area contributed by atoms with Crippen molar-refractivity contribution < 1.29 is 9.53 Å². The zero-order chi connectivity index (χ0) is 33.7. The molecule has 1 fully saturated rings. The normalized spacial score (nSPS) is 16.1. The van der Waals surface area contributed by atoms with Gasteiger partial charge in [-0.1, -0.05) is 41.9 Å². The molecule has 5 aromatic rings. The standard InChI is InChI=1S/C36H36ClN7O4/c1-20-23(9-6-12-26(20)39-33-31-29(17-38-41-33)42(2)36(47)43(3)35(31)46)24-10-5-11-25(32(24)37)27-16-22-13-14-28(30(22)34(40-27)48-4)44-18-21(19-44)8-7-15-45/h5-6,9-12,15-17,21,28H,7-8,13-14,18-19H2,1-4H3,(H,39,41)/t28-/m0/s1. The van der Waals surface area contributed by atoms with Crippen LogP contribution in [-0.4, -0.2) is 55.7 Å². The number of aldehydes is 1. The summed E-state index contributed by atoms with van der Waals surface area (Å²) < 4.78 is 8.32. The van der Waals surface area contributed by atoms with Crippen molar-refractivity contribution in [2.75, 3.05) is 25.5 Å². The molecule has 1 saturated heterocycles. The van der Waals surface area contributed by atoms with E-state index in [1.54, 1.807) is 14.2 Å². The molecule has 1 aliphatic heterocycles. The number of carbonyl (C=O) groups is 1. The Kier molecular flexibility index (Phi) is 8.34. The molecule has 4 heterocycles. The molecule has 0 saturated carbocycles. The van der Waals surface area contributed by atoms with Crippen LogP contribution in [0.3, 0.4) is 0 Å². The maximum absolute atomic E-state index is 13.1. The lowest BCUT2D eigenvalue weighted by Crippen LogP contribution is -2.48. The lowest BCUT2D eigenvalue weighted by Gasteiger charge is -2.43. The summed E-state index contributed by atoms with van der Waals surface area (Å²) in [5.74, 6) is 1.45.